The number of nitrogens with one attached hydrogen (secondary N) is 1. The van der Waals surface area contributed by atoms with Crippen LogP contribution in [-0.4, -0.2) is 7.05 Å². The SMILES string of the molecule is CNC(Cc1ccc(Cl)cc1F)c1ccc(Br)c(Cl)c1. The molecule has 1 unspecified atom stereocenters. The van der Waals surface area contributed by atoms with Crippen molar-refractivity contribution < 1.29 is 4.39 Å². The molecule has 1 nitrogen and oxygen atoms in total. The van der Waals surface area contributed by atoms with E-state index < -0.39 is 0 Å². The van der Waals surface area contributed by atoms with E-state index in [1.165, 1.54) is 6.07 Å². The Labute approximate surface area is 136 Å². The molecule has 0 bridgehead atoms. The minimum Gasteiger partial charge on any atom is -0.313 e. The second kappa shape index (κ2) is 6.90. The van der Waals surface area contributed by atoms with Crippen molar-refractivity contribution >= 4 is 39.1 Å². The first-order valence-electron chi connectivity index (χ1n) is 6.07. The van der Waals surface area contributed by atoms with Crippen LogP contribution in [0.2, 0.25) is 10.0 Å². The lowest BCUT2D eigenvalue weighted by molar-refractivity contribution is 0.554. The Hall–Kier alpha value is -0.610. The van der Waals surface area contributed by atoms with E-state index in [0.29, 0.717) is 22.0 Å². The fourth-order valence-corrected chi connectivity index (χ4v) is 2.62. The molecule has 1 atom stereocenters. The molecule has 106 valence electrons. The molecule has 5 heteroatoms. The molecule has 2 rings (SSSR count). The van der Waals surface area contributed by atoms with Crippen LogP contribution in [0, 0.1) is 5.82 Å². The first-order chi connectivity index (χ1) is 9.51. The van der Waals surface area contributed by atoms with Gasteiger partial charge >= 0.3 is 0 Å². The Morgan fingerprint density at radius 1 is 1.20 bits per heavy atom. The highest BCUT2D eigenvalue weighted by molar-refractivity contribution is 9.10. The summed E-state index contributed by atoms with van der Waals surface area (Å²) in [7, 11) is 1.84. The predicted octanol–water partition coefficient (Wildman–Crippen LogP) is 5.40. The van der Waals surface area contributed by atoms with Gasteiger partial charge in [0.25, 0.3) is 0 Å². The summed E-state index contributed by atoms with van der Waals surface area (Å²) in [6, 6.07) is 10.4. The molecule has 0 aliphatic rings. The molecule has 2 aromatic carbocycles. The third kappa shape index (κ3) is 3.73. The Kier molecular flexibility index (Phi) is 5.44. The molecule has 0 saturated carbocycles. The molecule has 0 amide bonds. The van der Waals surface area contributed by atoms with Crippen LogP contribution in [0.5, 0.6) is 0 Å². The van der Waals surface area contributed by atoms with Gasteiger partial charge in [0.1, 0.15) is 5.82 Å². The number of likely N-dealkylation sites (N-methyl/N-ethyl adjacent to an activating group) is 1. The summed E-state index contributed by atoms with van der Waals surface area (Å²) in [5.41, 5.74) is 1.63. The number of benzene rings is 2. The summed E-state index contributed by atoms with van der Waals surface area (Å²) in [4.78, 5) is 0. The van der Waals surface area contributed by atoms with Crippen molar-refractivity contribution in [2.75, 3.05) is 7.05 Å². The molecule has 0 aliphatic heterocycles. The maximum Gasteiger partial charge on any atom is 0.127 e. The Bertz CT molecular complexity index is 619. The van der Waals surface area contributed by atoms with Crippen molar-refractivity contribution in [2.24, 2.45) is 0 Å². The van der Waals surface area contributed by atoms with Crippen molar-refractivity contribution in [3.05, 3.63) is 67.9 Å². The maximum atomic E-state index is 13.9. The standard InChI is InChI=1S/C15H13BrCl2FN/c1-20-15(10-3-5-12(16)13(18)6-10)7-9-2-4-11(17)8-14(9)19/h2-6,8,15,20H,7H2,1H3. The van der Waals surface area contributed by atoms with Gasteiger partial charge in [0.15, 0.2) is 0 Å². The molecule has 2 aromatic rings. The second-order valence-electron chi connectivity index (χ2n) is 4.45. The van der Waals surface area contributed by atoms with E-state index in [4.69, 9.17) is 23.2 Å². The lowest BCUT2D eigenvalue weighted by Crippen LogP contribution is -2.19. The van der Waals surface area contributed by atoms with Gasteiger partial charge in [-0.1, -0.05) is 35.3 Å². The van der Waals surface area contributed by atoms with E-state index in [1.807, 2.05) is 25.2 Å². The van der Waals surface area contributed by atoms with Gasteiger partial charge in [-0.2, -0.15) is 0 Å². The molecule has 0 heterocycles. The predicted molar refractivity (Wildman–Crippen MR) is 86.1 cm³/mol. The van der Waals surface area contributed by atoms with E-state index in [-0.39, 0.29) is 11.9 Å². The van der Waals surface area contributed by atoms with Crippen molar-refractivity contribution in [2.45, 2.75) is 12.5 Å². The highest BCUT2D eigenvalue weighted by Crippen LogP contribution is 2.28. The van der Waals surface area contributed by atoms with Crippen molar-refractivity contribution in [1.82, 2.24) is 5.32 Å². The summed E-state index contributed by atoms with van der Waals surface area (Å²) in [5.74, 6) is -0.291. The zero-order valence-electron chi connectivity index (χ0n) is 10.8. The minimum atomic E-state index is -0.291. The van der Waals surface area contributed by atoms with Gasteiger partial charge in [0.2, 0.25) is 0 Å². The normalized spacial score (nSPS) is 12.4. The quantitative estimate of drug-likeness (QED) is 0.753. The third-order valence-corrected chi connectivity index (χ3v) is 4.60. The van der Waals surface area contributed by atoms with Crippen molar-refractivity contribution in [3.63, 3.8) is 0 Å². The Balaban J connectivity index is 2.26. The van der Waals surface area contributed by atoms with E-state index in [2.05, 4.69) is 21.2 Å². The third-order valence-electron chi connectivity index (χ3n) is 3.13. The van der Waals surface area contributed by atoms with Gasteiger partial charge in [-0.3, -0.25) is 0 Å². The van der Waals surface area contributed by atoms with Gasteiger partial charge in [-0.15, -0.1) is 0 Å². The van der Waals surface area contributed by atoms with Crippen LogP contribution >= 0.6 is 39.1 Å². The van der Waals surface area contributed by atoms with Gasteiger partial charge in [-0.25, -0.2) is 4.39 Å². The van der Waals surface area contributed by atoms with Crippen LogP contribution in [0.25, 0.3) is 0 Å². The summed E-state index contributed by atoms with van der Waals surface area (Å²) >= 11 is 15.2. The largest absolute Gasteiger partial charge is 0.313 e. The van der Waals surface area contributed by atoms with Crippen LogP contribution in [0.4, 0.5) is 4.39 Å². The van der Waals surface area contributed by atoms with Crippen LogP contribution in [0.3, 0.4) is 0 Å². The van der Waals surface area contributed by atoms with Gasteiger partial charge in [0.05, 0.1) is 5.02 Å². The first kappa shape index (κ1) is 15.8. The molecule has 0 spiro atoms. The van der Waals surface area contributed by atoms with Crippen LogP contribution in [0.15, 0.2) is 40.9 Å². The number of hydrogen-bond acceptors (Lipinski definition) is 1. The van der Waals surface area contributed by atoms with Crippen molar-refractivity contribution in [1.29, 1.82) is 0 Å². The van der Waals surface area contributed by atoms with Gasteiger partial charge < -0.3 is 5.32 Å². The van der Waals surface area contributed by atoms with E-state index in [1.54, 1.807) is 12.1 Å². The zero-order valence-corrected chi connectivity index (χ0v) is 13.9. The lowest BCUT2D eigenvalue weighted by atomic mass is 9.99. The molecule has 0 aromatic heterocycles. The molecule has 1 N–H and O–H groups in total. The Morgan fingerprint density at radius 2 is 1.95 bits per heavy atom. The summed E-state index contributed by atoms with van der Waals surface area (Å²) < 4.78 is 14.7. The van der Waals surface area contributed by atoms with Crippen LogP contribution in [-0.2, 0) is 6.42 Å². The molecular weight excluding hydrogens is 364 g/mol. The fraction of sp³-hybridized carbons (Fsp3) is 0.200. The average molecular weight is 377 g/mol. The van der Waals surface area contributed by atoms with Gasteiger partial charge in [-0.05, 0) is 64.8 Å². The summed E-state index contributed by atoms with van der Waals surface area (Å²) in [6.45, 7) is 0. The topological polar surface area (TPSA) is 12.0 Å². The average Bonchev–Trinajstić information content (AvgIpc) is 2.41. The number of halogens is 4. The van der Waals surface area contributed by atoms with Gasteiger partial charge in [0, 0.05) is 15.5 Å². The fourth-order valence-electron chi connectivity index (χ4n) is 2.02. The summed E-state index contributed by atoms with van der Waals surface area (Å²) in [6.07, 6.45) is 0.525. The zero-order chi connectivity index (χ0) is 14.7. The van der Waals surface area contributed by atoms with Crippen molar-refractivity contribution in [3.8, 4) is 0 Å². The molecule has 20 heavy (non-hydrogen) atoms. The smallest absolute Gasteiger partial charge is 0.127 e. The van der Waals surface area contributed by atoms with E-state index >= 15 is 0 Å². The highest BCUT2D eigenvalue weighted by atomic mass is 79.9. The molecule has 0 aliphatic carbocycles. The molecule has 0 radical (unpaired) electrons. The summed E-state index contributed by atoms with van der Waals surface area (Å²) in [5, 5.41) is 4.22. The Morgan fingerprint density at radius 3 is 2.55 bits per heavy atom. The molecule has 0 saturated heterocycles. The monoisotopic (exact) mass is 375 g/mol. The maximum absolute atomic E-state index is 13.9. The van der Waals surface area contributed by atoms with E-state index in [9.17, 15) is 4.39 Å². The lowest BCUT2D eigenvalue weighted by Gasteiger charge is -2.18. The number of hydrogen-bond donors (Lipinski definition) is 1. The first-order valence-corrected chi connectivity index (χ1v) is 7.62. The van der Waals surface area contributed by atoms with Crippen LogP contribution in [0.1, 0.15) is 17.2 Å². The van der Waals surface area contributed by atoms with Crippen LogP contribution < -0.4 is 5.32 Å². The second-order valence-corrected chi connectivity index (χ2v) is 6.15. The molecular formula is C15H13BrCl2FN. The number of rotatable bonds is 4. The van der Waals surface area contributed by atoms with E-state index in [0.717, 1.165) is 10.0 Å². The minimum absolute atomic E-state index is 0.0173. The molecule has 0 fully saturated rings. The highest BCUT2D eigenvalue weighted by Gasteiger charge is 2.14.